The Labute approximate surface area is 202 Å². The summed E-state index contributed by atoms with van der Waals surface area (Å²) in [5.41, 5.74) is 1.00. The highest BCUT2D eigenvalue weighted by atomic mass is 32.2. The minimum atomic E-state index is 0.457. The summed E-state index contributed by atoms with van der Waals surface area (Å²) in [5.74, 6) is 2.55. The minimum Gasteiger partial charge on any atom is -0.362 e. The first kappa shape index (κ1) is 22.9. The predicted octanol–water partition coefficient (Wildman–Crippen LogP) is 4.35. The summed E-state index contributed by atoms with van der Waals surface area (Å²) in [4.78, 5) is 14.4. The lowest BCUT2D eigenvalue weighted by Crippen LogP contribution is -2.40. The van der Waals surface area contributed by atoms with Crippen LogP contribution in [0.15, 0.2) is 35.7 Å². The molecular formula is C26H38N6S. The van der Waals surface area contributed by atoms with E-state index in [0.717, 1.165) is 33.8 Å². The number of nitrogens with one attached hydrogen (secondary N) is 2. The zero-order chi connectivity index (χ0) is 22.6. The number of benzene rings is 1. The Morgan fingerprint density at radius 3 is 2.67 bits per heavy atom. The van der Waals surface area contributed by atoms with Crippen molar-refractivity contribution in [3.05, 3.63) is 35.7 Å². The van der Waals surface area contributed by atoms with Crippen LogP contribution in [0.5, 0.6) is 0 Å². The average molecular weight is 467 g/mol. The number of anilines is 2. The van der Waals surface area contributed by atoms with Gasteiger partial charge in [0.05, 0.1) is 5.52 Å². The summed E-state index contributed by atoms with van der Waals surface area (Å²) in [5, 5.41) is 11.7. The quantitative estimate of drug-likeness (QED) is 0.600. The third kappa shape index (κ3) is 5.81. The Morgan fingerprint density at radius 2 is 1.88 bits per heavy atom. The molecule has 6 nitrogen and oxygen atoms in total. The van der Waals surface area contributed by atoms with Crippen LogP contribution < -0.4 is 15.5 Å². The van der Waals surface area contributed by atoms with Crippen LogP contribution in [-0.2, 0) is 0 Å². The van der Waals surface area contributed by atoms with Gasteiger partial charge in [0.2, 0.25) is 5.95 Å². The predicted molar refractivity (Wildman–Crippen MR) is 141 cm³/mol. The maximum absolute atomic E-state index is 4.82. The Balaban J connectivity index is 1.07. The second-order valence-corrected chi connectivity index (χ2v) is 11.4. The van der Waals surface area contributed by atoms with E-state index in [4.69, 9.17) is 9.97 Å². The number of nitrogens with zero attached hydrogens (tertiary/aromatic N) is 4. The zero-order valence-electron chi connectivity index (χ0n) is 20.0. The number of hydrogen-bond donors (Lipinski definition) is 2. The SMILES string of the molecule is CN(C)c1nc(N[C@H]2CC[C@@H](NCC3CCN(CC4CC=CS4)C3)CC2)nc2ccccc12. The molecule has 0 amide bonds. The fourth-order valence-corrected chi connectivity index (χ4v) is 6.47. The molecule has 1 saturated heterocycles. The van der Waals surface area contributed by atoms with Crippen molar-refractivity contribution in [2.24, 2.45) is 5.92 Å². The monoisotopic (exact) mass is 466 g/mol. The van der Waals surface area contributed by atoms with Crippen molar-refractivity contribution in [3.63, 3.8) is 0 Å². The molecule has 1 aromatic carbocycles. The fraction of sp³-hybridized carbons (Fsp3) is 0.615. The molecule has 1 aromatic heterocycles. The van der Waals surface area contributed by atoms with Gasteiger partial charge in [0.25, 0.3) is 0 Å². The maximum atomic E-state index is 4.82. The number of para-hydroxylation sites is 1. The van der Waals surface area contributed by atoms with E-state index in [2.05, 4.69) is 50.1 Å². The van der Waals surface area contributed by atoms with E-state index in [-0.39, 0.29) is 0 Å². The summed E-state index contributed by atoms with van der Waals surface area (Å²) < 4.78 is 0. The Kier molecular flexibility index (Phi) is 7.38. The second kappa shape index (κ2) is 10.6. The average Bonchev–Trinajstić information content (AvgIpc) is 3.50. The molecule has 2 unspecified atom stereocenters. The van der Waals surface area contributed by atoms with Gasteiger partial charge in [0.15, 0.2) is 0 Å². The number of allylic oxidation sites excluding steroid dienone is 1. The number of rotatable bonds is 8. The van der Waals surface area contributed by atoms with Gasteiger partial charge in [0, 0.05) is 49.9 Å². The highest BCUT2D eigenvalue weighted by molar-refractivity contribution is 8.03. The molecule has 0 spiro atoms. The van der Waals surface area contributed by atoms with Crippen molar-refractivity contribution in [1.29, 1.82) is 0 Å². The summed E-state index contributed by atoms with van der Waals surface area (Å²) >= 11 is 2.01. The van der Waals surface area contributed by atoms with Gasteiger partial charge < -0.3 is 20.4 Å². The second-order valence-electron chi connectivity index (χ2n) is 10.2. The van der Waals surface area contributed by atoms with Crippen molar-refractivity contribution in [2.45, 2.75) is 55.9 Å². The van der Waals surface area contributed by atoms with Crippen LogP contribution in [0.4, 0.5) is 11.8 Å². The maximum Gasteiger partial charge on any atom is 0.225 e. The van der Waals surface area contributed by atoms with Gasteiger partial charge in [-0.2, -0.15) is 4.98 Å². The minimum absolute atomic E-state index is 0.457. The van der Waals surface area contributed by atoms with Crippen molar-refractivity contribution in [1.82, 2.24) is 20.2 Å². The molecule has 2 aliphatic heterocycles. The van der Waals surface area contributed by atoms with Crippen LogP contribution >= 0.6 is 11.8 Å². The smallest absolute Gasteiger partial charge is 0.225 e. The van der Waals surface area contributed by atoms with Gasteiger partial charge in [-0.1, -0.05) is 18.2 Å². The molecule has 2 fully saturated rings. The Morgan fingerprint density at radius 1 is 1.06 bits per heavy atom. The third-order valence-corrected chi connectivity index (χ3v) is 8.44. The lowest BCUT2D eigenvalue weighted by Gasteiger charge is -2.31. The largest absolute Gasteiger partial charge is 0.362 e. The van der Waals surface area contributed by atoms with Crippen molar-refractivity contribution in [3.8, 4) is 0 Å². The van der Waals surface area contributed by atoms with Gasteiger partial charge >= 0.3 is 0 Å². The molecular weight excluding hydrogens is 428 g/mol. The van der Waals surface area contributed by atoms with Crippen LogP contribution in [0.3, 0.4) is 0 Å². The van der Waals surface area contributed by atoms with E-state index >= 15 is 0 Å². The molecule has 0 radical (unpaired) electrons. The first-order chi connectivity index (χ1) is 16.1. The standard InChI is InChI=1S/C26H38N6S/c1-31(2)25-23-7-3-4-8-24(23)29-26(30-25)28-21-11-9-20(10-12-21)27-16-19-13-14-32(17-19)18-22-6-5-15-33-22/h3-5,7-8,15,19-22,27H,6,9-14,16-18H2,1-2H3,(H,28,29,30)/t19?,20-,21+,22?. The highest BCUT2D eigenvalue weighted by Gasteiger charge is 2.27. The van der Waals surface area contributed by atoms with E-state index in [9.17, 15) is 0 Å². The molecule has 2 aromatic rings. The van der Waals surface area contributed by atoms with Gasteiger partial charge in [-0.15, -0.1) is 11.8 Å². The van der Waals surface area contributed by atoms with E-state index in [1.165, 1.54) is 64.7 Å². The molecule has 5 rings (SSSR count). The number of likely N-dealkylation sites (tertiary alicyclic amines) is 1. The van der Waals surface area contributed by atoms with E-state index < -0.39 is 0 Å². The first-order valence-electron chi connectivity index (χ1n) is 12.6. The zero-order valence-corrected chi connectivity index (χ0v) is 20.9. The lowest BCUT2D eigenvalue weighted by atomic mass is 9.91. The number of thioether (sulfide) groups is 1. The summed E-state index contributed by atoms with van der Waals surface area (Å²) in [7, 11) is 4.09. The van der Waals surface area contributed by atoms with Crippen LogP contribution in [0, 0.1) is 5.92 Å². The summed E-state index contributed by atoms with van der Waals surface area (Å²) in [6.45, 7) is 4.99. The Hall–Kier alpha value is -1.83. The molecule has 2 atom stereocenters. The van der Waals surface area contributed by atoms with Crippen LogP contribution in [-0.4, -0.2) is 72.5 Å². The van der Waals surface area contributed by atoms with Gasteiger partial charge in [-0.25, -0.2) is 4.98 Å². The number of fused-ring (bicyclic) bond motifs is 1. The van der Waals surface area contributed by atoms with E-state index in [0.29, 0.717) is 12.1 Å². The van der Waals surface area contributed by atoms with E-state index in [1.54, 1.807) is 0 Å². The van der Waals surface area contributed by atoms with Crippen LogP contribution in [0.1, 0.15) is 38.5 Å². The third-order valence-electron chi connectivity index (χ3n) is 7.36. The lowest BCUT2D eigenvalue weighted by molar-refractivity contribution is 0.306. The van der Waals surface area contributed by atoms with Gasteiger partial charge in [0.1, 0.15) is 5.82 Å². The van der Waals surface area contributed by atoms with Crippen molar-refractivity contribution in [2.75, 3.05) is 50.5 Å². The molecule has 1 aliphatic carbocycles. The van der Waals surface area contributed by atoms with Gasteiger partial charge in [-0.3, -0.25) is 0 Å². The van der Waals surface area contributed by atoms with E-state index in [1.807, 2.05) is 31.9 Å². The number of aromatic nitrogens is 2. The van der Waals surface area contributed by atoms with Crippen LogP contribution in [0.25, 0.3) is 10.9 Å². The molecule has 3 aliphatic rings. The first-order valence-corrected chi connectivity index (χ1v) is 13.5. The number of hydrogen-bond acceptors (Lipinski definition) is 7. The molecule has 33 heavy (non-hydrogen) atoms. The normalized spacial score (nSPS) is 27.9. The molecule has 3 heterocycles. The topological polar surface area (TPSA) is 56.3 Å². The summed E-state index contributed by atoms with van der Waals surface area (Å²) in [6.07, 6.45) is 9.73. The Bertz CT molecular complexity index is 947. The van der Waals surface area contributed by atoms with Gasteiger partial charge in [-0.05, 0) is 75.1 Å². The van der Waals surface area contributed by atoms with Crippen molar-refractivity contribution >= 4 is 34.4 Å². The molecule has 0 bridgehead atoms. The highest BCUT2D eigenvalue weighted by Crippen LogP contribution is 2.28. The molecule has 1 saturated carbocycles. The van der Waals surface area contributed by atoms with Crippen LogP contribution in [0.2, 0.25) is 0 Å². The summed E-state index contributed by atoms with van der Waals surface area (Å²) in [6, 6.07) is 9.38. The molecule has 7 heteroatoms. The van der Waals surface area contributed by atoms with Crippen molar-refractivity contribution < 1.29 is 0 Å². The molecule has 2 N–H and O–H groups in total. The molecule has 178 valence electrons. The fourth-order valence-electron chi connectivity index (χ4n) is 5.50.